The third-order valence-electron chi connectivity index (χ3n) is 2.81. The third-order valence-corrected chi connectivity index (χ3v) is 2.81. The molecule has 4 nitrogen and oxygen atoms in total. The summed E-state index contributed by atoms with van der Waals surface area (Å²) < 4.78 is 0. The highest BCUT2D eigenvalue weighted by molar-refractivity contribution is 5.85. The highest BCUT2D eigenvalue weighted by Crippen LogP contribution is 2.35. The third kappa shape index (κ3) is 1.44. The number of carbonyl (C=O) groups excluding carboxylic acids is 1. The monoisotopic (exact) mass is 172 g/mol. The predicted molar refractivity (Wildman–Crippen MR) is 45.2 cm³/mol. The highest BCUT2D eigenvalue weighted by atomic mass is 16.3. The van der Waals surface area contributed by atoms with Crippen molar-refractivity contribution in [1.29, 1.82) is 0 Å². The molecule has 5 N–H and O–H groups in total. The molecule has 1 aliphatic rings. The van der Waals surface area contributed by atoms with Crippen molar-refractivity contribution in [3.05, 3.63) is 0 Å². The summed E-state index contributed by atoms with van der Waals surface area (Å²) in [5.74, 6) is -0.363. The normalized spacial score (nSPS) is 35.3. The Bertz CT molecular complexity index is 184. The molecule has 4 heteroatoms. The molecule has 0 saturated heterocycles. The summed E-state index contributed by atoms with van der Waals surface area (Å²) in [6.07, 6.45) is 3.08. The van der Waals surface area contributed by atoms with E-state index in [1.54, 1.807) is 0 Å². The maximum Gasteiger partial charge on any atom is 0.237 e. The van der Waals surface area contributed by atoms with E-state index in [-0.39, 0.29) is 12.5 Å². The molecule has 2 atom stereocenters. The van der Waals surface area contributed by atoms with Gasteiger partial charge in [0.05, 0.1) is 5.54 Å². The molecule has 0 spiro atoms. The van der Waals surface area contributed by atoms with Crippen molar-refractivity contribution in [2.45, 2.75) is 31.2 Å². The van der Waals surface area contributed by atoms with E-state index in [1.807, 2.05) is 0 Å². The Morgan fingerprint density at radius 1 is 1.67 bits per heavy atom. The molecule has 70 valence electrons. The Hall–Kier alpha value is -0.610. The molecule has 1 aliphatic carbocycles. The zero-order chi connectivity index (χ0) is 9.19. The van der Waals surface area contributed by atoms with Crippen LogP contribution in [0.15, 0.2) is 0 Å². The zero-order valence-electron chi connectivity index (χ0n) is 7.12. The first-order valence-corrected chi connectivity index (χ1v) is 4.31. The summed E-state index contributed by atoms with van der Waals surface area (Å²) in [7, 11) is 0. The average molecular weight is 172 g/mol. The van der Waals surface area contributed by atoms with Crippen molar-refractivity contribution >= 4 is 5.91 Å². The van der Waals surface area contributed by atoms with E-state index < -0.39 is 11.4 Å². The van der Waals surface area contributed by atoms with Gasteiger partial charge in [-0.3, -0.25) is 4.79 Å². The second-order valence-electron chi connectivity index (χ2n) is 3.51. The van der Waals surface area contributed by atoms with Gasteiger partial charge in [-0.2, -0.15) is 0 Å². The van der Waals surface area contributed by atoms with E-state index in [2.05, 4.69) is 0 Å². The van der Waals surface area contributed by atoms with Gasteiger partial charge in [-0.15, -0.1) is 0 Å². The van der Waals surface area contributed by atoms with Gasteiger partial charge in [-0.25, -0.2) is 0 Å². The van der Waals surface area contributed by atoms with Gasteiger partial charge in [0.15, 0.2) is 0 Å². The summed E-state index contributed by atoms with van der Waals surface area (Å²) >= 11 is 0. The second kappa shape index (κ2) is 3.41. The summed E-state index contributed by atoms with van der Waals surface area (Å²) in [5, 5.41) is 8.73. The molecule has 0 aromatic heterocycles. The first-order chi connectivity index (χ1) is 5.61. The second-order valence-corrected chi connectivity index (χ2v) is 3.51. The Kier molecular flexibility index (Phi) is 2.69. The van der Waals surface area contributed by atoms with Crippen LogP contribution in [0.2, 0.25) is 0 Å². The van der Waals surface area contributed by atoms with Crippen LogP contribution < -0.4 is 11.5 Å². The van der Waals surface area contributed by atoms with Crippen LogP contribution in [0.25, 0.3) is 0 Å². The Labute approximate surface area is 71.9 Å². The molecule has 0 aliphatic heterocycles. The molecule has 0 heterocycles. The number of carbonyl (C=O) groups is 1. The lowest BCUT2D eigenvalue weighted by Gasteiger charge is -2.27. The van der Waals surface area contributed by atoms with Crippen molar-refractivity contribution in [2.75, 3.05) is 6.61 Å². The molecule has 0 bridgehead atoms. The average Bonchev–Trinajstić information content (AvgIpc) is 2.35. The van der Waals surface area contributed by atoms with Crippen LogP contribution in [-0.4, -0.2) is 23.2 Å². The van der Waals surface area contributed by atoms with Crippen molar-refractivity contribution in [1.82, 2.24) is 0 Å². The van der Waals surface area contributed by atoms with Gasteiger partial charge < -0.3 is 16.6 Å². The van der Waals surface area contributed by atoms with Crippen molar-refractivity contribution in [3.8, 4) is 0 Å². The van der Waals surface area contributed by atoms with Gasteiger partial charge in [0.1, 0.15) is 0 Å². The summed E-state index contributed by atoms with van der Waals surface area (Å²) in [6.45, 7) is 0.0803. The molecule has 0 aromatic rings. The maximum atomic E-state index is 11.0. The first kappa shape index (κ1) is 9.48. The van der Waals surface area contributed by atoms with Gasteiger partial charge in [0, 0.05) is 6.61 Å². The fourth-order valence-corrected chi connectivity index (χ4v) is 1.98. The van der Waals surface area contributed by atoms with Crippen LogP contribution >= 0.6 is 0 Å². The number of aliphatic hydroxyl groups is 1. The Morgan fingerprint density at radius 2 is 2.33 bits per heavy atom. The first-order valence-electron chi connectivity index (χ1n) is 4.31. The molecule has 1 saturated carbocycles. The standard InChI is InChI=1S/C8H16N2O2/c9-7(12)8(10)4-1-2-6(8)3-5-11/h6,11H,1-5,10H2,(H2,9,12). The lowest BCUT2D eigenvalue weighted by Crippen LogP contribution is -2.54. The SMILES string of the molecule is NC(=O)C1(N)CCCC1CCO. The minimum absolute atomic E-state index is 0.0694. The van der Waals surface area contributed by atoms with E-state index in [9.17, 15) is 4.79 Å². The molecular weight excluding hydrogens is 156 g/mol. The summed E-state index contributed by atoms with van der Waals surface area (Å²) in [5.41, 5.74) is 10.2. The molecular formula is C8H16N2O2. The minimum Gasteiger partial charge on any atom is -0.396 e. The zero-order valence-corrected chi connectivity index (χ0v) is 7.12. The fourth-order valence-electron chi connectivity index (χ4n) is 1.98. The fraction of sp³-hybridized carbons (Fsp3) is 0.875. The van der Waals surface area contributed by atoms with Crippen LogP contribution in [0.1, 0.15) is 25.7 Å². The topological polar surface area (TPSA) is 89.3 Å². The van der Waals surface area contributed by atoms with Crippen molar-refractivity contribution < 1.29 is 9.90 Å². The lowest BCUT2D eigenvalue weighted by atomic mass is 9.85. The van der Waals surface area contributed by atoms with Gasteiger partial charge in [-0.1, -0.05) is 6.42 Å². The van der Waals surface area contributed by atoms with E-state index in [0.29, 0.717) is 12.8 Å². The van der Waals surface area contributed by atoms with Crippen LogP contribution in [0, 0.1) is 5.92 Å². The van der Waals surface area contributed by atoms with Crippen LogP contribution in [0.3, 0.4) is 0 Å². The molecule has 0 aromatic carbocycles. The highest BCUT2D eigenvalue weighted by Gasteiger charge is 2.43. The smallest absolute Gasteiger partial charge is 0.237 e. The number of hydrogen-bond donors (Lipinski definition) is 3. The van der Waals surface area contributed by atoms with E-state index in [1.165, 1.54) is 0 Å². The number of amides is 1. The van der Waals surface area contributed by atoms with E-state index in [0.717, 1.165) is 12.8 Å². The van der Waals surface area contributed by atoms with Gasteiger partial charge in [0.25, 0.3) is 0 Å². The molecule has 2 unspecified atom stereocenters. The number of nitrogens with two attached hydrogens (primary N) is 2. The van der Waals surface area contributed by atoms with E-state index in [4.69, 9.17) is 16.6 Å². The Morgan fingerprint density at radius 3 is 2.83 bits per heavy atom. The molecule has 1 fully saturated rings. The van der Waals surface area contributed by atoms with Gasteiger partial charge >= 0.3 is 0 Å². The number of primary amides is 1. The molecule has 12 heavy (non-hydrogen) atoms. The van der Waals surface area contributed by atoms with E-state index >= 15 is 0 Å². The maximum absolute atomic E-state index is 11.0. The van der Waals surface area contributed by atoms with Gasteiger partial charge in [0.2, 0.25) is 5.91 Å². The molecule has 0 radical (unpaired) electrons. The van der Waals surface area contributed by atoms with Crippen molar-refractivity contribution in [2.24, 2.45) is 17.4 Å². The Balaban J connectivity index is 2.67. The number of hydrogen-bond acceptors (Lipinski definition) is 3. The number of aliphatic hydroxyl groups excluding tert-OH is 1. The predicted octanol–water partition coefficient (Wildman–Crippen LogP) is -0.648. The van der Waals surface area contributed by atoms with Crippen LogP contribution in [0.4, 0.5) is 0 Å². The van der Waals surface area contributed by atoms with Gasteiger partial charge in [-0.05, 0) is 25.2 Å². The van der Waals surface area contributed by atoms with Crippen LogP contribution in [0.5, 0.6) is 0 Å². The van der Waals surface area contributed by atoms with Crippen LogP contribution in [-0.2, 0) is 4.79 Å². The molecule has 1 rings (SSSR count). The largest absolute Gasteiger partial charge is 0.396 e. The minimum atomic E-state index is -0.858. The molecule has 1 amide bonds. The number of rotatable bonds is 3. The lowest BCUT2D eigenvalue weighted by molar-refractivity contribution is -0.124. The quantitative estimate of drug-likeness (QED) is 0.528. The summed E-state index contributed by atoms with van der Waals surface area (Å²) in [6, 6.07) is 0. The summed E-state index contributed by atoms with van der Waals surface area (Å²) in [4.78, 5) is 11.0. The van der Waals surface area contributed by atoms with Crippen molar-refractivity contribution in [3.63, 3.8) is 0 Å².